The third-order valence-corrected chi connectivity index (χ3v) is 2.71. The third-order valence-electron chi connectivity index (χ3n) is 2.71. The molecule has 1 aliphatic carbocycles. The first-order valence-corrected chi connectivity index (χ1v) is 3.97. The molecule has 0 aliphatic heterocycles. The van der Waals surface area contributed by atoms with Crippen LogP contribution in [0, 0.1) is 5.41 Å². The van der Waals surface area contributed by atoms with Crippen LogP contribution in [0.5, 0.6) is 0 Å². The average Bonchev–Trinajstić information content (AvgIpc) is 1.84. The van der Waals surface area contributed by atoms with Gasteiger partial charge in [0.1, 0.15) is 0 Å². The molecule has 64 valence electrons. The molecule has 0 spiro atoms. The summed E-state index contributed by atoms with van der Waals surface area (Å²) in [5.74, 6) is -0.140. The van der Waals surface area contributed by atoms with Crippen LogP contribution >= 0.6 is 0 Å². The van der Waals surface area contributed by atoms with Gasteiger partial charge >= 0.3 is 5.97 Å². The van der Waals surface area contributed by atoms with E-state index in [4.69, 9.17) is 10.5 Å². The van der Waals surface area contributed by atoms with Crippen molar-refractivity contribution in [1.29, 1.82) is 0 Å². The van der Waals surface area contributed by atoms with Gasteiger partial charge in [-0.05, 0) is 19.8 Å². The highest BCUT2D eigenvalue weighted by molar-refractivity contribution is 5.78. The fraction of sp³-hybridized carbons (Fsp3) is 0.875. The van der Waals surface area contributed by atoms with E-state index in [0.717, 1.165) is 19.3 Å². The van der Waals surface area contributed by atoms with Crippen molar-refractivity contribution in [3.8, 4) is 0 Å². The number of esters is 1. The SMILES string of the molecule is COC(=O)C1(C(C)N)CCC1. The summed E-state index contributed by atoms with van der Waals surface area (Å²) in [5.41, 5.74) is 5.36. The molecule has 0 heterocycles. The molecule has 0 radical (unpaired) electrons. The van der Waals surface area contributed by atoms with Gasteiger partial charge in [0.25, 0.3) is 0 Å². The van der Waals surface area contributed by atoms with Crippen molar-refractivity contribution >= 4 is 5.97 Å². The molecule has 1 rings (SSSR count). The second kappa shape index (κ2) is 2.81. The summed E-state index contributed by atoms with van der Waals surface area (Å²) < 4.78 is 4.70. The van der Waals surface area contributed by atoms with E-state index in [9.17, 15) is 4.79 Å². The van der Waals surface area contributed by atoms with Crippen LogP contribution in [0.15, 0.2) is 0 Å². The fourth-order valence-electron chi connectivity index (χ4n) is 1.61. The van der Waals surface area contributed by atoms with Gasteiger partial charge in [-0.1, -0.05) is 6.42 Å². The van der Waals surface area contributed by atoms with Crippen molar-refractivity contribution < 1.29 is 9.53 Å². The van der Waals surface area contributed by atoms with Crippen molar-refractivity contribution in [2.75, 3.05) is 7.11 Å². The molecule has 0 bridgehead atoms. The normalized spacial score (nSPS) is 23.5. The summed E-state index contributed by atoms with van der Waals surface area (Å²) in [7, 11) is 1.42. The zero-order valence-electron chi connectivity index (χ0n) is 7.09. The minimum atomic E-state index is -0.352. The van der Waals surface area contributed by atoms with Gasteiger partial charge in [0.15, 0.2) is 0 Å². The topological polar surface area (TPSA) is 52.3 Å². The zero-order valence-corrected chi connectivity index (χ0v) is 7.09. The van der Waals surface area contributed by atoms with E-state index in [-0.39, 0.29) is 17.4 Å². The minimum Gasteiger partial charge on any atom is -0.469 e. The third kappa shape index (κ3) is 1.13. The van der Waals surface area contributed by atoms with Crippen LogP contribution in [0.25, 0.3) is 0 Å². The molecule has 3 heteroatoms. The molecule has 0 aromatic heterocycles. The van der Waals surface area contributed by atoms with Gasteiger partial charge in [-0.15, -0.1) is 0 Å². The number of methoxy groups -OCH3 is 1. The Balaban J connectivity index is 2.67. The molecule has 1 unspecified atom stereocenters. The number of hydrogen-bond donors (Lipinski definition) is 1. The Morgan fingerprint density at radius 3 is 2.27 bits per heavy atom. The molecule has 0 amide bonds. The molecule has 3 nitrogen and oxygen atoms in total. The Kier molecular flexibility index (Phi) is 2.18. The Hall–Kier alpha value is -0.570. The van der Waals surface area contributed by atoms with Crippen molar-refractivity contribution in [2.45, 2.75) is 32.2 Å². The van der Waals surface area contributed by atoms with Crippen LogP contribution in [0.1, 0.15) is 26.2 Å². The standard InChI is InChI=1S/C8H15NO2/c1-6(9)8(4-3-5-8)7(10)11-2/h6H,3-5,9H2,1-2H3. The lowest BCUT2D eigenvalue weighted by Crippen LogP contribution is -2.51. The molecule has 2 N–H and O–H groups in total. The molecule has 11 heavy (non-hydrogen) atoms. The van der Waals surface area contributed by atoms with Gasteiger partial charge in [0, 0.05) is 6.04 Å². The number of rotatable bonds is 2. The van der Waals surface area contributed by atoms with Crippen LogP contribution < -0.4 is 5.73 Å². The Labute approximate surface area is 66.9 Å². The summed E-state index contributed by atoms with van der Waals surface area (Å²) in [6.07, 6.45) is 2.87. The first-order chi connectivity index (χ1) is 5.13. The quantitative estimate of drug-likeness (QED) is 0.599. The predicted octanol–water partition coefficient (Wildman–Crippen LogP) is 0.677. The largest absolute Gasteiger partial charge is 0.469 e. The number of hydrogen-bond acceptors (Lipinski definition) is 3. The van der Waals surface area contributed by atoms with E-state index in [1.54, 1.807) is 0 Å². The van der Waals surface area contributed by atoms with Crippen LogP contribution in [0.3, 0.4) is 0 Å². The molecule has 1 saturated carbocycles. The van der Waals surface area contributed by atoms with E-state index >= 15 is 0 Å². The highest BCUT2D eigenvalue weighted by Gasteiger charge is 2.48. The van der Waals surface area contributed by atoms with Gasteiger partial charge in [0.2, 0.25) is 0 Å². The fourth-order valence-corrected chi connectivity index (χ4v) is 1.61. The lowest BCUT2D eigenvalue weighted by Gasteiger charge is -2.41. The Morgan fingerprint density at radius 2 is 2.18 bits per heavy atom. The summed E-state index contributed by atoms with van der Waals surface area (Å²) in [4.78, 5) is 11.3. The van der Waals surface area contributed by atoms with E-state index in [1.165, 1.54) is 7.11 Å². The maximum atomic E-state index is 11.3. The van der Waals surface area contributed by atoms with Gasteiger partial charge in [0.05, 0.1) is 12.5 Å². The Morgan fingerprint density at radius 1 is 1.64 bits per heavy atom. The minimum absolute atomic E-state index is 0.0799. The second-order valence-electron chi connectivity index (χ2n) is 3.29. The smallest absolute Gasteiger partial charge is 0.313 e. The number of carbonyl (C=O) groups excluding carboxylic acids is 1. The van der Waals surface area contributed by atoms with Crippen LogP contribution in [0.4, 0.5) is 0 Å². The maximum Gasteiger partial charge on any atom is 0.313 e. The predicted molar refractivity (Wildman–Crippen MR) is 41.9 cm³/mol. The average molecular weight is 157 g/mol. The summed E-state index contributed by atoms with van der Waals surface area (Å²) in [6.45, 7) is 1.87. The van der Waals surface area contributed by atoms with Crippen molar-refractivity contribution in [2.24, 2.45) is 11.1 Å². The molecule has 0 saturated heterocycles. The van der Waals surface area contributed by atoms with Gasteiger partial charge < -0.3 is 10.5 Å². The van der Waals surface area contributed by atoms with Crippen LogP contribution in [-0.2, 0) is 9.53 Å². The van der Waals surface area contributed by atoms with E-state index in [0.29, 0.717) is 0 Å². The lowest BCUT2D eigenvalue weighted by molar-refractivity contribution is -0.159. The molecule has 1 aliphatic rings. The molecule has 0 aromatic rings. The van der Waals surface area contributed by atoms with Gasteiger partial charge in [-0.3, -0.25) is 4.79 Å². The van der Waals surface area contributed by atoms with E-state index in [1.807, 2.05) is 6.92 Å². The molecular weight excluding hydrogens is 142 g/mol. The molecule has 0 aromatic carbocycles. The number of ether oxygens (including phenoxy) is 1. The maximum absolute atomic E-state index is 11.3. The number of nitrogens with two attached hydrogens (primary N) is 1. The van der Waals surface area contributed by atoms with E-state index < -0.39 is 0 Å². The zero-order chi connectivity index (χ0) is 8.48. The first-order valence-electron chi connectivity index (χ1n) is 3.97. The Bertz CT molecular complexity index is 161. The summed E-state index contributed by atoms with van der Waals surface area (Å²) >= 11 is 0. The second-order valence-corrected chi connectivity index (χ2v) is 3.29. The number of carbonyl (C=O) groups is 1. The lowest BCUT2D eigenvalue weighted by atomic mass is 9.64. The van der Waals surface area contributed by atoms with Crippen LogP contribution in [0.2, 0.25) is 0 Å². The molecule has 1 fully saturated rings. The van der Waals surface area contributed by atoms with Crippen molar-refractivity contribution in [3.63, 3.8) is 0 Å². The molecule has 1 atom stereocenters. The monoisotopic (exact) mass is 157 g/mol. The molecular formula is C8H15NO2. The highest BCUT2D eigenvalue weighted by Crippen LogP contribution is 2.43. The van der Waals surface area contributed by atoms with Gasteiger partial charge in [-0.2, -0.15) is 0 Å². The first kappa shape index (κ1) is 8.53. The summed E-state index contributed by atoms with van der Waals surface area (Å²) in [6, 6.07) is -0.0799. The van der Waals surface area contributed by atoms with Crippen LogP contribution in [-0.4, -0.2) is 19.1 Å². The highest BCUT2D eigenvalue weighted by atomic mass is 16.5. The summed E-state index contributed by atoms with van der Waals surface area (Å²) in [5, 5.41) is 0. The van der Waals surface area contributed by atoms with Gasteiger partial charge in [-0.25, -0.2) is 0 Å². The van der Waals surface area contributed by atoms with Crippen molar-refractivity contribution in [1.82, 2.24) is 0 Å². The van der Waals surface area contributed by atoms with E-state index in [2.05, 4.69) is 0 Å². The van der Waals surface area contributed by atoms with Crippen molar-refractivity contribution in [3.05, 3.63) is 0 Å².